The molecule has 0 saturated heterocycles. The van der Waals surface area contributed by atoms with E-state index in [0.29, 0.717) is 5.92 Å². The summed E-state index contributed by atoms with van der Waals surface area (Å²) in [6, 6.07) is 3.74. The number of rotatable bonds is 6. The quantitative estimate of drug-likeness (QED) is 0.574. The first-order chi connectivity index (χ1) is 13.1. The summed E-state index contributed by atoms with van der Waals surface area (Å²) in [6.07, 6.45) is 13.6. The number of hydrogen-bond donors (Lipinski definition) is 0. The zero-order chi connectivity index (χ0) is 19.2. The van der Waals surface area contributed by atoms with Gasteiger partial charge in [0.1, 0.15) is 23.3 Å². The Morgan fingerprint density at radius 3 is 2.22 bits per heavy atom. The molecule has 0 N–H and O–H groups in total. The Hall–Kier alpha value is -2.35. The van der Waals surface area contributed by atoms with Crippen LogP contribution in [0, 0.1) is 28.9 Å². The maximum atomic E-state index is 13.8. The fraction of sp³-hybridized carbons (Fsp3) is 0.500. The normalized spacial score (nSPS) is 19.6. The van der Waals surface area contributed by atoms with Gasteiger partial charge in [0.15, 0.2) is 5.82 Å². The van der Waals surface area contributed by atoms with Crippen LogP contribution >= 0.6 is 0 Å². The van der Waals surface area contributed by atoms with Crippen LogP contribution in [0.1, 0.15) is 75.3 Å². The summed E-state index contributed by atoms with van der Waals surface area (Å²) in [5.41, 5.74) is 0.765. The lowest BCUT2D eigenvalue weighted by Gasteiger charge is -2.28. The van der Waals surface area contributed by atoms with Crippen molar-refractivity contribution in [1.29, 1.82) is 5.26 Å². The number of halogens is 2. The van der Waals surface area contributed by atoms with Crippen LogP contribution in [-0.2, 0) is 0 Å². The van der Waals surface area contributed by atoms with Crippen molar-refractivity contribution in [2.45, 2.75) is 64.2 Å². The number of nitriles is 1. The van der Waals surface area contributed by atoms with Crippen molar-refractivity contribution in [2.75, 3.05) is 0 Å². The van der Waals surface area contributed by atoms with Gasteiger partial charge in [-0.15, -0.1) is 0 Å². The first-order valence-corrected chi connectivity index (χ1v) is 9.83. The van der Waals surface area contributed by atoms with E-state index in [-0.39, 0.29) is 11.4 Å². The Bertz CT molecular complexity index is 780. The zero-order valence-corrected chi connectivity index (χ0v) is 15.7. The van der Waals surface area contributed by atoms with Crippen molar-refractivity contribution >= 4 is 0 Å². The van der Waals surface area contributed by atoms with Gasteiger partial charge < -0.3 is 0 Å². The second kappa shape index (κ2) is 9.03. The Balaban J connectivity index is 1.64. The SMILES string of the molecule is CCCCC[C@H]1CC[C@H](c2cnc(-c3cc(F)c(C#N)c(F)c3)nc2)CC1. The van der Waals surface area contributed by atoms with E-state index in [1.54, 1.807) is 12.4 Å². The molecular weight excluding hydrogens is 344 g/mol. The second-order valence-corrected chi connectivity index (χ2v) is 7.48. The summed E-state index contributed by atoms with van der Waals surface area (Å²) in [6.45, 7) is 2.24. The minimum absolute atomic E-state index is 0.246. The van der Waals surface area contributed by atoms with Gasteiger partial charge in [0, 0.05) is 18.0 Å². The molecule has 0 atom stereocenters. The fourth-order valence-corrected chi connectivity index (χ4v) is 3.97. The third-order valence-corrected chi connectivity index (χ3v) is 5.62. The standard InChI is InChI=1S/C22H25F2N3/c1-2-3-4-5-15-6-8-16(9-7-15)18-13-26-22(27-14-18)17-10-20(23)19(12-25)21(24)11-17/h10-11,13-16H,2-9H2,1H3/t15-,16-. The lowest BCUT2D eigenvalue weighted by molar-refractivity contribution is 0.302. The van der Waals surface area contributed by atoms with E-state index in [2.05, 4.69) is 16.9 Å². The fourth-order valence-electron chi connectivity index (χ4n) is 3.97. The summed E-state index contributed by atoms with van der Waals surface area (Å²) < 4.78 is 27.6. The van der Waals surface area contributed by atoms with E-state index in [0.717, 1.165) is 36.5 Å². The van der Waals surface area contributed by atoms with Crippen molar-refractivity contribution in [3.8, 4) is 17.5 Å². The molecule has 0 amide bonds. The first kappa shape index (κ1) is 19.4. The van der Waals surface area contributed by atoms with Crippen LogP contribution in [0.4, 0.5) is 8.78 Å². The Morgan fingerprint density at radius 2 is 1.67 bits per heavy atom. The highest BCUT2D eigenvalue weighted by Crippen LogP contribution is 2.37. The molecule has 1 heterocycles. The summed E-state index contributed by atoms with van der Waals surface area (Å²) >= 11 is 0. The lowest BCUT2D eigenvalue weighted by Crippen LogP contribution is -2.14. The van der Waals surface area contributed by atoms with E-state index in [1.165, 1.54) is 44.6 Å². The predicted molar refractivity (Wildman–Crippen MR) is 101 cm³/mol. The highest BCUT2D eigenvalue weighted by molar-refractivity contribution is 5.57. The Labute approximate surface area is 159 Å². The van der Waals surface area contributed by atoms with E-state index in [4.69, 9.17) is 5.26 Å². The van der Waals surface area contributed by atoms with Gasteiger partial charge in [-0.3, -0.25) is 0 Å². The van der Waals surface area contributed by atoms with E-state index in [1.807, 2.05) is 0 Å². The van der Waals surface area contributed by atoms with Gasteiger partial charge in [-0.2, -0.15) is 5.26 Å². The third-order valence-electron chi connectivity index (χ3n) is 5.62. The molecule has 0 unspecified atom stereocenters. The molecule has 5 heteroatoms. The molecular formula is C22H25F2N3. The molecule has 3 nitrogen and oxygen atoms in total. The zero-order valence-electron chi connectivity index (χ0n) is 15.7. The maximum absolute atomic E-state index is 13.8. The van der Waals surface area contributed by atoms with Crippen LogP contribution in [0.5, 0.6) is 0 Å². The first-order valence-electron chi connectivity index (χ1n) is 9.83. The van der Waals surface area contributed by atoms with Crippen molar-refractivity contribution < 1.29 is 8.78 Å². The average molecular weight is 369 g/mol. The summed E-state index contributed by atoms with van der Waals surface area (Å²) in [7, 11) is 0. The van der Waals surface area contributed by atoms with Crippen LogP contribution in [0.25, 0.3) is 11.4 Å². The summed E-state index contributed by atoms with van der Waals surface area (Å²) in [5, 5.41) is 8.76. The molecule has 142 valence electrons. The molecule has 0 aliphatic heterocycles. The molecule has 1 aromatic heterocycles. The average Bonchev–Trinajstić information content (AvgIpc) is 2.69. The smallest absolute Gasteiger partial charge is 0.159 e. The van der Waals surface area contributed by atoms with Crippen molar-refractivity contribution in [2.24, 2.45) is 5.92 Å². The number of aromatic nitrogens is 2. The topological polar surface area (TPSA) is 49.6 Å². The van der Waals surface area contributed by atoms with E-state index < -0.39 is 17.2 Å². The molecule has 0 radical (unpaired) electrons. The van der Waals surface area contributed by atoms with Crippen LogP contribution < -0.4 is 0 Å². The lowest BCUT2D eigenvalue weighted by atomic mass is 9.77. The minimum Gasteiger partial charge on any atom is -0.236 e. The third kappa shape index (κ3) is 4.68. The summed E-state index contributed by atoms with van der Waals surface area (Å²) in [5.74, 6) is -0.189. The van der Waals surface area contributed by atoms with Gasteiger partial charge in [0.2, 0.25) is 0 Å². The molecule has 27 heavy (non-hydrogen) atoms. The highest BCUT2D eigenvalue weighted by atomic mass is 19.1. The second-order valence-electron chi connectivity index (χ2n) is 7.48. The van der Waals surface area contributed by atoms with Crippen molar-refractivity contribution in [3.05, 3.63) is 47.3 Å². The van der Waals surface area contributed by atoms with Crippen LogP contribution in [0.3, 0.4) is 0 Å². The molecule has 0 spiro atoms. The minimum atomic E-state index is -0.887. The van der Waals surface area contributed by atoms with Crippen molar-refractivity contribution in [1.82, 2.24) is 9.97 Å². The largest absolute Gasteiger partial charge is 0.236 e. The van der Waals surface area contributed by atoms with E-state index in [9.17, 15) is 8.78 Å². The Morgan fingerprint density at radius 1 is 1.04 bits per heavy atom. The molecule has 0 bridgehead atoms. The molecule has 1 aromatic carbocycles. The molecule has 1 fully saturated rings. The van der Waals surface area contributed by atoms with Crippen LogP contribution in [0.15, 0.2) is 24.5 Å². The Kier molecular flexibility index (Phi) is 6.49. The monoisotopic (exact) mass is 369 g/mol. The molecule has 3 rings (SSSR count). The van der Waals surface area contributed by atoms with Gasteiger partial charge in [0.05, 0.1) is 0 Å². The van der Waals surface area contributed by atoms with Crippen LogP contribution in [-0.4, -0.2) is 9.97 Å². The van der Waals surface area contributed by atoms with Crippen LogP contribution in [0.2, 0.25) is 0 Å². The number of unbranched alkanes of at least 4 members (excludes halogenated alkanes) is 2. The van der Waals surface area contributed by atoms with Gasteiger partial charge in [-0.25, -0.2) is 18.7 Å². The highest BCUT2D eigenvalue weighted by Gasteiger charge is 2.23. The predicted octanol–water partition coefficient (Wildman–Crippen LogP) is 6.15. The van der Waals surface area contributed by atoms with Gasteiger partial charge in [-0.05, 0) is 55.2 Å². The number of hydrogen-bond acceptors (Lipinski definition) is 3. The molecule has 1 aliphatic carbocycles. The number of benzene rings is 1. The van der Waals surface area contributed by atoms with Gasteiger partial charge in [-0.1, -0.05) is 32.6 Å². The number of nitrogens with zero attached hydrogens (tertiary/aromatic N) is 3. The molecule has 1 saturated carbocycles. The van der Waals surface area contributed by atoms with Gasteiger partial charge in [0.25, 0.3) is 0 Å². The molecule has 1 aliphatic rings. The van der Waals surface area contributed by atoms with Gasteiger partial charge >= 0.3 is 0 Å². The summed E-state index contributed by atoms with van der Waals surface area (Å²) in [4.78, 5) is 8.63. The van der Waals surface area contributed by atoms with E-state index >= 15 is 0 Å². The molecule has 2 aromatic rings. The maximum Gasteiger partial charge on any atom is 0.159 e. The van der Waals surface area contributed by atoms with Crippen molar-refractivity contribution in [3.63, 3.8) is 0 Å².